The van der Waals surface area contributed by atoms with Crippen LogP contribution >= 0.6 is 11.8 Å². The predicted molar refractivity (Wildman–Crippen MR) is 84.5 cm³/mol. The Bertz CT molecular complexity index is 273. The summed E-state index contributed by atoms with van der Waals surface area (Å²) in [7, 11) is 0. The quantitative estimate of drug-likeness (QED) is 0.660. The number of rotatable bonds is 9. The smallest absolute Gasteiger partial charge is 0.241 e. The van der Waals surface area contributed by atoms with Crippen molar-refractivity contribution in [3.05, 3.63) is 0 Å². The fourth-order valence-electron chi connectivity index (χ4n) is 2.71. The van der Waals surface area contributed by atoms with E-state index in [0.717, 1.165) is 43.6 Å². The topological polar surface area (TPSA) is 32.3 Å². The maximum Gasteiger partial charge on any atom is 0.241 e. The van der Waals surface area contributed by atoms with E-state index in [0.29, 0.717) is 11.9 Å². The Balaban J connectivity index is 2.55. The lowest BCUT2D eigenvalue weighted by Crippen LogP contribution is -2.43. The Morgan fingerprint density at radius 1 is 1.37 bits per heavy atom. The first-order valence-corrected chi connectivity index (χ1v) is 8.97. The van der Waals surface area contributed by atoms with Crippen molar-refractivity contribution in [1.29, 1.82) is 0 Å². The van der Waals surface area contributed by atoms with Gasteiger partial charge in [-0.05, 0) is 37.7 Å². The number of carbonyl (C=O) groups excluding carboxylic acids is 1. The van der Waals surface area contributed by atoms with Crippen LogP contribution in [-0.2, 0) is 4.79 Å². The summed E-state index contributed by atoms with van der Waals surface area (Å²) in [4.78, 5) is 14.6. The van der Waals surface area contributed by atoms with Crippen molar-refractivity contribution in [3.63, 3.8) is 0 Å². The minimum atomic E-state index is 0.0613. The van der Waals surface area contributed by atoms with Gasteiger partial charge in [0.05, 0.1) is 12.2 Å². The average Bonchev–Trinajstić information content (AvgIpc) is 2.73. The number of hydrogen-bond donors (Lipinski definition) is 1. The number of unbranched alkanes of at least 4 members (excludes halogenated alkanes) is 1. The molecule has 1 aliphatic heterocycles. The molecule has 3 nitrogen and oxygen atoms in total. The van der Waals surface area contributed by atoms with Gasteiger partial charge >= 0.3 is 0 Å². The van der Waals surface area contributed by atoms with Gasteiger partial charge in [-0.25, -0.2) is 0 Å². The van der Waals surface area contributed by atoms with Crippen LogP contribution in [0.5, 0.6) is 0 Å². The van der Waals surface area contributed by atoms with Gasteiger partial charge in [-0.2, -0.15) is 11.8 Å². The van der Waals surface area contributed by atoms with Gasteiger partial charge in [-0.1, -0.05) is 33.6 Å². The third kappa shape index (κ3) is 4.67. The van der Waals surface area contributed by atoms with E-state index in [9.17, 15) is 4.79 Å². The first kappa shape index (κ1) is 16.8. The highest BCUT2D eigenvalue weighted by molar-refractivity contribution is 7.99. The van der Waals surface area contributed by atoms with Crippen molar-refractivity contribution < 1.29 is 4.79 Å². The average molecular weight is 286 g/mol. The van der Waals surface area contributed by atoms with Crippen molar-refractivity contribution in [2.75, 3.05) is 11.5 Å². The second-order valence-corrected chi connectivity index (χ2v) is 6.76. The van der Waals surface area contributed by atoms with E-state index in [-0.39, 0.29) is 12.2 Å². The van der Waals surface area contributed by atoms with Crippen LogP contribution in [0.1, 0.15) is 59.8 Å². The summed E-state index contributed by atoms with van der Waals surface area (Å²) >= 11 is 1.96. The molecule has 4 heteroatoms. The van der Waals surface area contributed by atoms with E-state index >= 15 is 0 Å². The molecule has 112 valence electrons. The number of hydrogen-bond acceptors (Lipinski definition) is 3. The molecule has 0 spiro atoms. The highest BCUT2D eigenvalue weighted by Gasteiger charge is 2.39. The van der Waals surface area contributed by atoms with Gasteiger partial charge in [-0.3, -0.25) is 10.1 Å². The molecule has 1 aliphatic rings. The van der Waals surface area contributed by atoms with E-state index in [1.807, 2.05) is 11.8 Å². The largest absolute Gasteiger partial charge is 0.323 e. The number of carbonyl (C=O) groups is 1. The molecule has 1 N–H and O–H groups in total. The molecule has 1 saturated heterocycles. The molecule has 1 amide bonds. The van der Waals surface area contributed by atoms with Crippen molar-refractivity contribution in [2.45, 2.75) is 78.0 Å². The molecule has 1 rings (SSSR count). The van der Waals surface area contributed by atoms with Crippen molar-refractivity contribution >= 4 is 17.7 Å². The lowest BCUT2D eigenvalue weighted by molar-refractivity contribution is -0.132. The Hall–Kier alpha value is -0.220. The Morgan fingerprint density at radius 2 is 2.11 bits per heavy atom. The minimum Gasteiger partial charge on any atom is -0.323 e. The normalized spacial score (nSPS) is 25.1. The second kappa shape index (κ2) is 8.85. The van der Waals surface area contributed by atoms with Gasteiger partial charge < -0.3 is 4.90 Å². The SMILES string of the molecule is CCCCC1NC(CC)N(C(C)CCSCC)C1=O. The molecule has 1 heterocycles. The lowest BCUT2D eigenvalue weighted by atomic mass is 10.1. The zero-order chi connectivity index (χ0) is 14.3. The number of amides is 1. The fourth-order valence-corrected chi connectivity index (χ4v) is 3.51. The highest BCUT2D eigenvalue weighted by Crippen LogP contribution is 2.22. The fraction of sp³-hybridized carbons (Fsp3) is 0.933. The van der Waals surface area contributed by atoms with Crippen LogP contribution in [0.15, 0.2) is 0 Å². The van der Waals surface area contributed by atoms with Crippen LogP contribution in [0.2, 0.25) is 0 Å². The third-order valence-corrected chi connectivity index (χ3v) is 4.81. The van der Waals surface area contributed by atoms with E-state index < -0.39 is 0 Å². The van der Waals surface area contributed by atoms with Crippen molar-refractivity contribution in [2.24, 2.45) is 0 Å². The Kier molecular flexibility index (Phi) is 7.84. The second-order valence-electron chi connectivity index (χ2n) is 5.37. The summed E-state index contributed by atoms with van der Waals surface area (Å²) in [6, 6.07) is 0.418. The van der Waals surface area contributed by atoms with E-state index in [1.165, 1.54) is 0 Å². The molecule has 0 aromatic carbocycles. The molecule has 19 heavy (non-hydrogen) atoms. The molecule has 0 aromatic rings. The molecule has 3 unspecified atom stereocenters. The van der Waals surface area contributed by atoms with Gasteiger partial charge in [0.15, 0.2) is 0 Å². The van der Waals surface area contributed by atoms with Gasteiger partial charge in [0.2, 0.25) is 5.91 Å². The molecule has 0 saturated carbocycles. The maximum absolute atomic E-state index is 12.5. The summed E-state index contributed by atoms with van der Waals surface area (Å²) in [5.41, 5.74) is 0. The predicted octanol–water partition coefficient (Wildman–Crippen LogP) is 3.24. The molecular formula is C15H30N2OS. The zero-order valence-corrected chi connectivity index (χ0v) is 13.8. The van der Waals surface area contributed by atoms with Gasteiger partial charge in [-0.15, -0.1) is 0 Å². The summed E-state index contributed by atoms with van der Waals surface area (Å²) in [5.74, 6) is 2.64. The summed E-state index contributed by atoms with van der Waals surface area (Å²) in [5, 5.41) is 3.52. The van der Waals surface area contributed by atoms with E-state index in [2.05, 4.69) is 37.9 Å². The van der Waals surface area contributed by atoms with Crippen LogP contribution in [0.25, 0.3) is 0 Å². The highest BCUT2D eigenvalue weighted by atomic mass is 32.2. The molecule has 0 bridgehead atoms. The summed E-state index contributed by atoms with van der Waals surface area (Å²) in [6.45, 7) is 8.72. The van der Waals surface area contributed by atoms with Gasteiger partial charge in [0.1, 0.15) is 0 Å². The van der Waals surface area contributed by atoms with Crippen LogP contribution in [0.3, 0.4) is 0 Å². The first-order valence-electron chi connectivity index (χ1n) is 7.81. The van der Waals surface area contributed by atoms with Crippen LogP contribution in [-0.4, -0.2) is 40.6 Å². The van der Waals surface area contributed by atoms with Crippen molar-refractivity contribution in [3.8, 4) is 0 Å². The number of nitrogens with one attached hydrogen (secondary N) is 1. The molecular weight excluding hydrogens is 256 g/mol. The minimum absolute atomic E-state index is 0.0613. The molecule has 0 radical (unpaired) electrons. The van der Waals surface area contributed by atoms with Crippen LogP contribution in [0, 0.1) is 0 Å². The molecule has 0 aromatic heterocycles. The summed E-state index contributed by atoms with van der Waals surface area (Å²) < 4.78 is 0. The third-order valence-electron chi connectivity index (χ3n) is 3.87. The summed E-state index contributed by atoms with van der Waals surface area (Å²) in [6.07, 6.45) is 5.62. The van der Waals surface area contributed by atoms with E-state index in [1.54, 1.807) is 0 Å². The first-order chi connectivity index (χ1) is 9.15. The van der Waals surface area contributed by atoms with Gasteiger partial charge in [0, 0.05) is 6.04 Å². The lowest BCUT2D eigenvalue weighted by Gasteiger charge is -2.29. The Morgan fingerprint density at radius 3 is 2.68 bits per heavy atom. The Labute approximate surface area is 122 Å². The van der Waals surface area contributed by atoms with Gasteiger partial charge in [0.25, 0.3) is 0 Å². The standard InChI is InChI=1S/C15H30N2OS/c1-5-8-9-13-15(18)17(14(6-2)16-13)12(4)10-11-19-7-3/h12-14,16H,5-11H2,1-4H3. The van der Waals surface area contributed by atoms with Crippen LogP contribution < -0.4 is 5.32 Å². The monoisotopic (exact) mass is 286 g/mol. The zero-order valence-electron chi connectivity index (χ0n) is 12.9. The number of nitrogens with zero attached hydrogens (tertiary/aromatic N) is 1. The maximum atomic E-state index is 12.5. The molecule has 3 atom stereocenters. The molecule has 1 fully saturated rings. The van der Waals surface area contributed by atoms with E-state index in [4.69, 9.17) is 0 Å². The van der Waals surface area contributed by atoms with Crippen LogP contribution in [0.4, 0.5) is 0 Å². The van der Waals surface area contributed by atoms with Crippen molar-refractivity contribution in [1.82, 2.24) is 10.2 Å². The molecule has 0 aliphatic carbocycles. The number of thioether (sulfide) groups is 1.